The number of rotatable bonds is 67. The van der Waals surface area contributed by atoms with Gasteiger partial charge in [-0.15, -0.1) is 0 Å². The summed E-state index contributed by atoms with van der Waals surface area (Å²) in [5, 5.41) is 23.1. The van der Waals surface area contributed by atoms with E-state index < -0.39 is 12.1 Å². The summed E-state index contributed by atoms with van der Waals surface area (Å²) in [7, 11) is 0. The molecule has 0 radical (unpaired) electrons. The third kappa shape index (κ3) is 65.1. The van der Waals surface area contributed by atoms with Gasteiger partial charge in [-0.1, -0.05) is 352 Å². The highest BCUT2D eigenvalue weighted by molar-refractivity contribution is 5.76. The summed E-state index contributed by atoms with van der Waals surface area (Å²) in [5.41, 5.74) is 0. The van der Waals surface area contributed by atoms with Crippen molar-refractivity contribution in [2.45, 2.75) is 405 Å². The van der Waals surface area contributed by atoms with Crippen LogP contribution in [0.1, 0.15) is 393 Å². The number of aliphatic hydroxyl groups excluding tert-OH is 2. The van der Waals surface area contributed by atoms with Crippen molar-refractivity contribution in [2.24, 2.45) is 0 Å². The lowest BCUT2D eigenvalue weighted by Crippen LogP contribution is -2.45. The van der Waals surface area contributed by atoms with Crippen LogP contribution in [0, 0.1) is 0 Å². The maximum Gasteiger partial charge on any atom is 0.305 e. The first-order valence-electron chi connectivity index (χ1n) is 35.8. The first-order valence-corrected chi connectivity index (χ1v) is 35.8. The van der Waals surface area contributed by atoms with E-state index in [1.807, 2.05) is 6.08 Å². The standard InChI is InChI=1S/C73H139NO5/c1-3-5-7-9-11-13-15-17-18-36-40-43-47-51-55-59-63-67-73(78)79-68-64-60-56-52-48-44-41-38-35-33-31-29-27-25-23-21-19-20-22-24-26-28-30-32-34-37-39-42-46-50-54-58-62-66-72(77)74-70(69-75)71(76)65-61-57-53-49-45-16-14-12-10-8-6-4-2/h23,25,29,31,61,65,70-71,75-76H,3-22,24,26-28,30,32-60,62-64,66-69H2,1-2H3,(H,74,77)/b25-23-,31-29-,65-61+. The molecule has 0 heterocycles. The van der Waals surface area contributed by atoms with Crippen LogP contribution in [0.2, 0.25) is 0 Å². The fourth-order valence-corrected chi connectivity index (χ4v) is 11.2. The molecule has 3 N–H and O–H groups in total. The first kappa shape index (κ1) is 77.1. The molecule has 1 amide bonds. The molecule has 466 valence electrons. The molecule has 6 nitrogen and oxygen atoms in total. The Labute approximate surface area is 494 Å². The van der Waals surface area contributed by atoms with Crippen LogP contribution in [-0.2, 0) is 14.3 Å². The van der Waals surface area contributed by atoms with Crippen LogP contribution in [0.3, 0.4) is 0 Å². The van der Waals surface area contributed by atoms with E-state index in [-0.39, 0.29) is 18.5 Å². The fourth-order valence-electron chi connectivity index (χ4n) is 11.2. The summed E-state index contributed by atoms with van der Waals surface area (Å²) >= 11 is 0. The zero-order valence-corrected chi connectivity index (χ0v) is 53.4. The summed E-state index contributed by atoms with van der Waals surface area (Å²) in [6.45, 7) is 4.92. The van der Waals surface area contributed by atoms with Gasteiger partial charge < -0.3 is 20.3 Å². The quantitative estimate of drug-likeness (QED) is 0.0320. The molecule has 0 aliphatic heterocycles. The molecule has 0 spiro atoms. The number of ether oxygens (including phenoxy) is 1. The van der Waals surface area contributed by atoms with Crippen LogP contribution in [-0.4, -0.2) is 47.4 Å². The second kappa shape index (κ2) is 68.6. The van der Waals surface area contributed by atoms with Crippen molar-refractivity contribution in [1.29, 1.82) is 0 Å². The van der Waals surface area contributed by atoms with Gasteiger partial charge in [0.2, 0.25) is 5.91 Å². The number of esters is 1. The van der Waals surface area contributed by atoms with E-state index in [9.17, 15) is 19.8 Å². The monoisotopic (exact) mass is 1110 g/mol. The predicted molar refractivity (Wildman–Crippen MR) is 347 cm³/mol. The summed E-state index contributed by atoms with van der Waals surface area (Å²) in [4.78, 5) is 24.5. The molecule has 0 aliphatic rings. The van der Waals surface area contributed by atoms with Crippen LogP contribution in [0.5, 0.6) is 0 Å². The van der Waals surface area contributed by atoms with Gasteiger partial charge in [0.05, 0.1) is 25.4 Å². The Morgan fingerprint density at radius 3 is 0.962 bits per heavy atom. The van der Waals surface area contributed by atoms with Gasteiger partial charge in [0.15, 0.2) is 0 Å². The fraction of sp³-hybridized carbons (Fsp3) is 0.890. The van der Waals surface area contributed by atoms with Gasteiger partial charge in [-0.05, 0) is 64.2 Å². The molecule has 0 saturated heterocycles. The molecule has 2 unspecified atom stereocenters. The van der Waals surface area contributed by atoms with Crippen molar-refractivity contribution in [3.05, 3.63) is 36.5 Å². The van der Waals surface area contributed by atoms with Gasteiger partial charge in [-0.2, -0.15) is 0 Å². The lowest BCUT2D eigenvalue weighted by atomic mass is 10.0. The molecule has 0 fully saturated rings. The predicted octanol–water partition coefficient (Wildman–Crippen LogP) is 23.1. The third-order valence-corrected chi connectivity index (χ3v) is 16.7. The number of aliphatic hydroxyl groups is 2. The van der Waals surface area contributed by atoms with Crippen LogP contribution < -0.4 is 5.32 Å². The van der Waals surface area contributed by atoms with Gasteiger partial charge in [-0.3, -0.25) is 9.59 Å². The summed E-state index contributed by atoms with van der Waals surface area (Å²) in [6, 6.07) is -0.625. The van der Waals surface area contributed by atoms with Gasteiger partial charge in [0.25, 0.3) is 0 Å². The largest absolute Gasteiger partial charge is 0.466 e. The Morgan fingerprint density at radius 1 is 0.354 bits per heavy atom. The Bertz CT molecular complexity index is 1280. The topological polar surface area (TPSA) is 95.9 Å². The first-order chi connectivity index (χ1) is 39.0. The Kier molecular flexibility index (Phi) is 66.9. The number of nitrogens with one attached hydrogen (secondary N) is 1. The number of allylic oxidation sites excluding steroid dienone is 5. The Hall–Kier alpha value is -1.92. The normalized spacial score (nSPS) is 12.7. The van der Waals surface area contributed by atoms with E-state index in [1.165, 1.54) is 321 Å². The number of carbonyl (C=O) groups is 2. The van der Waals surface area contributed by atoms with Crippen molar-refractivity contribution in [1.82, 2.24) is 5.32 Å². The van der Waals surface area contributed by atoms with E-state index in [2.05, 4.69) is 43.5 Å². The van der Waals surface area contributed by atoms with Gasteiger partial charge in [0.1, 0.15) is 0 Å². The maximum atomic E-state index is 12.5. The average molecular weight is 1110 g/mol. The molecule has 0 aromatic carbocycles. The molecule has 0 rings (SSSR count). The summed E-state index contributed by atoms with van der Waals surface area (Å²) < 4.78 is 5.50. The molecule has 2 atom stereocenters. The molecule has 0 aromatic rings. The number of hydrogen-bond acceptors (Lipinski definition) is 5. The molecule has 0 aliphatic carbocycles. The van der Waals surface area contributed by atoms with E-state index >= 15 is 0 Å². The number of carbonyl (C=O) groups excluding carboxylic acids is 2. The smallest absolute Gasteiger partial charge is 0.305 e. The average Bonchev–Trinajstić information content (AvgIpc) is 3.45. The van der Waals surface area contributed by atoms with Crippen LogP contribution >= 0.6 is 0 Å². The van der Waals surface area contributed by atoms with E-state index in [1.54, 1.807) is 6.08 Å². The highest BCUT2D eigenvalue weighted by atomic mass is 16.5. The van der Waals surface area contributed by atoms with Crippen molar-refractivity contribution in [3.63, 3.8) is 0 Å². The Balaban J connectivity index is 3.36. The number of unbranched alkanes of at least 4 members (excludes halogenated alkanes) is 52. The molecular formula is C73H139NO5. The molecule has 0 bridgehead atoms. The van der Waals surface area contributed by atoms with Crippen molar-refractivity contribution in [2.75, 3.05) is 13.2 Å². The number of hydrogen-bond donors (Lipinski definition) is 3. The third-order valence-electron chi connectivity index (χ3n) is 16.7. The van der Waals surface area contributed by atoms with Crippen molar-refractivity contribution < 1.29 is 24.5 Å². The SMILES string of the molecule is CCCCCCCCCCCC/C=C/C(O)C(CO)NC(=O)CCCCCCCCCCCCCCCCCCC/C=C\C/C=C\CCCCCCCCCCCOC(=O)CCCCCCCCCCCCCCCCCCC. The van der Waals surface area contributed by atoms with Crippen molar-refractivity contribution >= 4 is 11.9 Å². The van der Waals surface area contributed by atoms with E-state index in [4.69, 9.17) is 4.74 Å². The lowest BCUT2D eigenvalue weighted by molar-refractivity contribution is -0.143. The second-order valence-corrected chi connectivity index (χ2v) is 24.6. The summed E-state index contributed by atoms with van der Waals surface area (Å²) in [6.07, 6.45) is 88.1. The second-order valence-electron chi connectivity index (χ2n) is 24.6. The Morgan fingerprint density at radius 2 is 0.633 bits per heavy atom. The minimum Gasteiger partial charge on any atom is -0.466 e. The zero-order chi connectivity index (χ0) is 57.1. The van der Waals surface area contributed by atoms with E-state index in [0.29, 0.717) is 19.4 Å². The van der Waals surface area contributed by atoms with Crippen LogP contribution in [0.4, 0.5) is 0 Å². The summed E-state index contributed by atoms with van der Waals surface area (Å²) in [5.74, 6) is -0.0471. The molecule has 0 saturated carbocycles. The highest BCUT2D eigenvalue weighted by Crippen LogP contribution is 2.18. The molecule has 0 aromatic heterocycles. The van der Waals surface area contributed by atoms with Gasteiger partial charge in [-0.25, -0.2) is 0 Å². The van der Waals surface area contributed by atoms with Crippen molar-refractivity contribution in [3.8, 4) is 0 Å². The maximum absolute atomic E-state index is 12.5. The van der Waals surface area contributed by atoms with Gasteiger partial charge >= 0.3 is 5.97 Å². The lowest BCUT2D eigenvalue weighted by Gasteiger charge is -2.20. The van der Waals surface area contributed by atoms with Gasteiger partial charge in [0, 0.05) is 12.8 Å². The van der Waals surface area contributed by atoms with E-state index in [0.717, 1.165) is 44.9 Å². The highest BCUT2D eigenvalue weighted by Gasteiger charge is 2.18. The molecule has 6 heteroatoms. The van der Waals surface area contributed by atoms with Crippen LogP contribution in [0.25, 0.3) is 0 Å². The minimum atomic E-state index is -0.842. The van der Waals surface area contributed by atoms with Crippen LogP contribution in [0.15, 0.2) is 36.5 Å². The molecular weight excluding hydrogens is 971 g/mol. The number of amides is 1. The minimum absolute atomic E-state index is 0.0183. The molecule has 79 heavy (non-hydrogen) atoms. The zero-order valence-electron chi connectivity index (χ0n) is 53.4.